The molecule has 0 aliphatic heterocycles. The molecule has 0 amide bonds. The minimum atomic E-state index is 0.193. The summed E-state index contributed by atoms with van der Waals surface area (Å²) in [7, 11) is 0. The summed E-state index contributed by atoms with van der Waals surface area (Å²) in [6.07, 6.45) is 3.81. The van der Waals surface area contributed by atoms with Crippen LogP contribution in [0.5, 0.6) is 0 Å². The molecule has 0 bridgehead atoms. The Morgan fingerprint density at radius 2 is 2.00 bits per heavy atom. The number of hydrogen-bond acceptors (Lipinski definition) is 3. The minimum absolute atomic E-state index is 0.193. The third kappa shape index (κ3) is 4.55. The summed E-state index contributed by atoms with van der Waals surface area (Å²) in [4.78, 5) is 4.29. The molecule has 1 aromatic carbocycles. The van der Waals surface area contributed by atoms with Crippen molar-refractivity contribution in [2.45, 2.75) is 32.7 Å². The topological polar surface area (TPSA) is 50.9 Å². The smallest absolute Gasteiger partial charge is 0.128 e. The van der Waals surface area contributed by atoms with Crippen molar-refractivity contribution in [3.63, 3.8) is 0 Å². The summed E-state index contributed by atoms with van der Waals surface area (Å²) < 4.78 is 1.10. The maximum absolute atomic E-state index is 6.08. The predicted molar refractivity (Wildman–Crippen MR) is 92.3 cm³/mol. The number of pyridine rings is 1. The van der Waals surface area contributed by atoms with Gasteiger partial charge in [0.2, 0.25) is 0 Å². The molecule has 112 valence electrons. The van der Waals surface area contributed by atoms with Crippen molar-refractivity contribution < 1.29 is 0 Å². The van der Waals surface area contributed by atoms with Gasteiger partial charge in [-0.2, -0.15) is 0 Å². The van der Waals surface area contributed by atoms with Gasteiger partial charge in [0.05, 0.1) is 0 Å². The molecule has 3 N–H and O–H groups in total. The monoisotopic (exact) mass is 347 g/mol. The number of nitrogens with two attached hydrogens (primary N) is 1. The molecule has 1 heterocycles. The van der Waals surface area contributed by atoms with Gasteiger partial charge in [0.15, 0.2) is 0 Å². The van der Waals surface area contributed by atoms with Crippen LogP contribution < -0.4 is 11.1 Å². The molecule has 2 aromatic rings. The number of nitrogens with one attached hydrogen (secondary N) is 1. The third-order valence-corrected chi connectivity index (χ3v) is 3.98. The molecule has 0 radical (unpaired) electrons. The maximum atomic E-state index is 6.08. The number of anilines is 1. The van der Waals surface area contributed by atoms with Crippen molar-refractivity contribution in [2.75, 3.05) is 12.3 Å². The Balaban J connectivity index is 2.25. The fourth-order valence-corrected chi connectivity index (χ4v) is 2.61. The van der Waals surface area contributed by atoms with E-state index in [-0.39, 0.29) is 6.04 Å². The van der Waals surface area contributed by atoms with E-state index in [2.05, 4.69) is 63.5 Å². The second kappa shape index (κ2) is 7.57. The molecule has 1 aromatic heterocycles. The number of halogens is 1. The zero-order valence-corrected chi connectivity index (χ0v) is 14.2. The normalized spacial score (nSPS) is 12.3. The first-order valence-corrected chi connectivity index (χ1v) is 8.09. The molecule has 0 saturated carbocycles. The van der Waals surface area contributed by atoms with E-state index >= 15 is 0 Å². The van der Waals surface area contributed by atoms with Crippen molar-refractivity contribution in [3.05, 3.63) is 57.7 Å². The Bertz CT molecular complexity index is 581. The highest BCUT2D eigenvalue weighted by atomic mass is 79.9. The summed E-state index contributed by atoms with van der Waals surface area (Å²) >= 11 is 3.47. The number of benzene rings is 1. The van der Waals surface area contributed by atoms with Gasteiger partial charge in [-0.3, -0.25) is 0 Å². The Kier molecular flexibility index (Phi) is 5.76. The number of aryl methyl sites for hydroxylation is 1. The van der Waals surface area contributed by atoms with Crippen LogP contribution >= 0.6 is 15.9 Å². The van der Waals surface area contributed by atoms with Gasteiger partial charge >= 0.3 is 0 Å². The average Bonchev–Trinajstić information content (AvgIpc) is 2.48. The summed E-state index contributed by atoms with van der Waals surface area (Å²) in [6.45, 7) is 5.18. The molecule has 0 saturated heterocycles. The van der Waals surface area contributed by atoms with E-state index in [1.54, 1.807) is 0 Å². The van der Waals surface area contributed by atoms with E-state index in [1.165, 1.54) is 5.56 Å². The predicted octanol–water partition coefficient (Wildman–Crippen LogP) is 4.02. The zero-order valence-electron chi connectivity index (χ0n) is 12.6. The first-order chi connectivity index (χ1) is 10.1. The average molecular weight is 348 g/mol. The number of nitrogen functional groups attached to an aromatic ring is 1. The summed E-state index contributed by atoms with van der Waals surface area (Å²) in [5, 5.41) is 3.59. The van der Waals surface area contributed by atoms with Crippen LogP contribution in [0.3, 0.4) is 0 Å². The SMILES string of the molecule is CCCNC(Cc1ccc(Br)cc1)c1cc(C)cnc1N. The molecule has 0 aliphatic carbocycles. The van der Waals surface area contributed by atoms with Crippen molar-refractivity contribution in [1.82, 2.24) is 10.3 Å². The lowest BCUT2D eigenvalue weighted by atomic mass is 9.98. The van der Waals surface area contributed by atoms with E-state index in [9.17, 15) is 0 Å². The Hall–Kier alpha value is -1.39. The van der Waals surface area contributed by atoms with E-state index in [1.807, 2.05) is 13.1 Å². The van der Waals surface area contributed by atoms with Gasteiger partial charge in [-0.25, -0.2) is 4.98 Å². The van der Waals surface area contributed by atoms with Crippen LogP contribution in [0.2, 0.25) is 0 Å². The zero-order chi connectivity index (χ0) is 15.2. The van der Waals surface area contributed by atoms with Gasteiger partial charge in [-0.15, -0.1) is 0 Å². The van der Waals surface area contributed by atoms with Crippen LogP contribution in [0.25, 0.3) is 0 Å². The number of aromatic nitrogens is 1. The van der Waals surface area contributed by atoms with Crippen LogP contribution in [0.1, 0.15) is 36.1 Å². The van der Waals surface area contributed by atoms with Crippen LogP contribution in [-0.2, 0) is 6.42 Å². The molecule has 0 aliphatic rings. The second-order valence-electron chi connectivity index (χ2n) is 5.32. The molecule has 21 heavy (non-hydrogen) atoms. The lowest BCUT2D eigenvalue weighted by Gasteiger charge is -2.21. The van der Waals surface area contributed by atoms with Gasteiger partial charge in [-0.05, 0) is 55.6 Å². The Morgan fingerprint density at radius 3 is 2.67 bits per heavy atom. The maximum Gasteiger partial charge on any atom is 0.128 e. The first kappa shape index (κ1) is 16.0. The van der Waals surface area contributed by atoms with Crippen LogP contribution in [0.15, 0.2) is 41.0 Å². The highest BCUT2D eigenvalue weighted by Gasteiger charge is 2.15. The molecular weight excluding hydrogens is 326 g/mol. The van der Waals surface area contributed by atoms with E-state index in [0.29, 0.717) is 5.82 Å². The van der Waals surface area contributed by atoms with Crippen molar-refractivity contribution in [1.29, 1.82) is 0 Å². The van der Waals surface area contributed by atoms with E-state index < -0.39 is 0 Å². The van der Waals surface area contributed by atoms with Crippen molar-refractivity contribution >= 4 is 21.7 Å². The largest absolute Gasteiger partial charge is 0.383 e. The van der Waals surface area contributed by atoms with Gasteiger partial charge in [0.1, 0.15) is 5.82 Å². The van der Waals surface area contributed by atoms with Crippen LogP contribution in [-0.4, -0.2) is 11.5 Å². The van der Waals surface area contributed by atoms with Gasteiger partial charge in [0, 0.05) is 22.3 Å². The molecule has 3 nitrogen and oxygen atoms in total. The summed E-state index contributed by atoms with van der Waals surface area (Å²) in [5.74, 6) is 0.617. The number of nitrogens with zero attached hydrogens (tertiary/aromatic N) is 1. The van der Waals surface area contributed by atoms with E-state index in [0.717, 1.165) is 35.0 Å². The molecular formula is C17H22BrN3. The minimum Gasteiger partial charge on any atom is -0.383 e. The Morgan fingerprint density at radius 1 is 1.29 bits per heavy atom. The molecule has 1 atom stereocenters. The Labute approximate surface area is 135 Å². The number of rotatable bonds is 6. The molecule has 4 heteroatoms. The number of hydrogen-bond donors (Lipinski definition) is 2. The molecule has 0 fully saturated rings. The molecule has 2 rings (SSSR count). The van der Waals surface area contributed by atoms with Crippen molar-refractivity contribution in [3.8, 4) is 0 Å². The lowest BCUT2D eigenvalue weighted by Crippen LogP contribution is -2.25. The molecule has 1 unspecified atom stereocenters. The standard InChI is InChI=1S/C17H22BrN3/c1-3-8-20-16(10-13-4-6-14(18)7-5-13)15-9-12(2)11-21-17(15)19/h4-7,9,11,16,20H,3,8,10H2,1-2H3,(H2,19,21). The fourth-order valence-electron chi connectivity index (χ4n) is 2.35. The first-order valence-electron chi connectivity index (χ1n) is 7.30. The highest BCUT2D eigenvalue weighted by molar-refractivity contribution is 9.10. The van der Waals surface area contributed by atoms with Gasteiger partial charge in [0.25, 0.3) is 0 Å². The van der Waals surface area contributed by atoms with Crippen LogP contribution in [0.4, 0.5) is 5.82 Å². The van der Waals surface area contributed by atoms with Crippen LogP contribution in [0, 0.1) is 6.92 Å². The van der Waals surface area contributed by atoms with Gasteiger partial charge in [-0.1, -0.05) is 35.0 Å². The fraction of sp³-hybridized carbons (Fsp3) is 0.353. The molecule has 0 spiro atoms. The van der Waals surface area contributed by atoms with E-state index in [4.69, 9.17) is 5.73 Å². The van der Waals surface area contributed by atoms with Crippen molar-refractivity contribution in [2.24, 2.45) is 0 Å². The highest BCUT2D eigenvalue weighted by Crippen LogP contribution is 2.24. The summed E-state index contributed by atoms with van der Waals surface area (Å²) in [6, 6.07) is 10.8. The second-order valence-corrected chi connectivity index (χ2v) is 6.24. The lowest BCUT2D eigenvalue weighted by molar-refractivity contribution is 0.529. The van der Waals surface area contributed by atoms with Gasteiger partial charge < -0.3 is 11.1 Å². The summed E-state index contributed by atoms with van der Waals surface area (Å²) in [5.41, 5.74) is 9.59. The quantitative estimate of drug-likeness (QED) is 0.829. The third-order valence-electron chi connectivity index (χ3n) is 3.46.